The zero-order valence-electron chi connectivity index (χ0n) is 7.95. The molecular formula is C8H7F6O2-. The monoisotopic (exact) mass is 249 g/mol. The third kappa shape index (κ3) is 2.48. The Hall–Kier alpha value is -1.21. The van der Waals surface area contributed by atoms with Crippen LogP contribution in [-0.2, 0) is 4.79 Å². The second kappa shape index (κ2) is 4.34. The van der Waals surface area contributed by atoms with E-state index in [4.69, 9.17) is 0 Å². The molecule has 2 nitrogen and oxygen atoms in total. The summed E-state index contributed by atoms with van der Waals surface area (Å²) in [7, 11) is 0. The van der Waals surface area contributed by atoms with Gasteiger partial charge in [0.15, 0.2) is 0 Å². The van der Waals surface area contributed by atoms with E-state index in [-0.39, 0.29) is 5.57 Å². The van der Waals surface area contributed by atoms with Crippen LogP contribution in [0.25, 0.3) is 0 Å². The molecule has 1 aliphatic rings. The van der Waals surface area contributed by atoms with E-state index in [0.717, 1.165) is 0 Å². The van der Waals surface area contributed by atoms with Crippen LogP contribution in [0.2, 0.25) is 0 Å². The molecule has 0 heterocycles. The van der Waals surface area contributed by atoms with Gasteiger partial charge in [0.1, 0.15) is 0 Å². The van der Waals surface area contributed by atoms with Gasteiger partial charge in [-0.1, -0.05) is 6.58 Å². The molecule has 1 rings (SSSR count). The molecule has 0 atom stereocenters. The van der Waals surface area contributed by atoms with Gasteiger partial charge in [-0.2, -0.15) is 17.6 Å². The first kappa shape index (κ1) is 14.8. The summed E-state index contributed by atoms with van der Waals surface area (Å²) in [6.45, 7) is 4.48. The minimum absolute atomic E-state index is 0.0648. The second-order valence-electron chi connectivity index (χ2n) is 3.14. The zero-order valence-corrected chi connectivity index (χ0v) is 7.95. The third-order valence-electron chi connectivity index (χ3n) is 1.70. The Morgan fingerprint density at radius 1 is 1.12 bits per heavy atom. The highest BCUT2D eigenvalue weighted by molar-refractivity contribution is 5.82. The molecular weight excluding hydrogens is 242 g/mol. The molecule has 94 valence electrons. The number of hydrogen-bond donors (Lipinski definition) is 0. The van der Waals surface area contributed by atoms with E-state index < -0.39 is 30.2 Å². The summed E-state index contributed by atoms with van der Waals surface area (Å²) in [5.41, 5.74) is 0.0648. The smallest absolute Gasteiger partial charge is 0.321 e. The standard InChI is InChI=1S/C4H2F6.C4H6O2/c5-1-3(7,8)2(6)4(1,9)10;1-3(2)4(5)6/h1-2H;1H2,2H3,(H,5,6)/p-1. The summed E-state index contributed by atoms with van der Waals surface area (Å²) < 4.78 is 69.5. The molecule has 0 radical (unpaired) electrons. The maximum Gasteiger partial charge on any atom is 0.321 e. The number of carbonyl (C=O) groups is 1. The van der Waals surface area contributed by atoms with E-state index in [9.17, 15) is 36.2 Å². The first-order valence-electron chi connectivity index (χ1n) is 3.86. The maximum atomic E-state index is 11.6. The lowest BCUT2D eigenvalue weighted by Gasteiger charge is -2.41. The SMILES string of the molecule is C=C(C)C(=O)[O-].FC1C(F)(F)C(F)C1(F)F. The number of carbonyl (C=O) groups excluding carboxylic acids is 1. The molecule has 0 amide bonds. The van der Waals surface area contributed by atoms with E-state index in [0.29, 0.717) is 0 Å². The fraction of sp³-hybridized carbons (Fsp3) is 0.625. The van der Waals surface area contributed by atoms with Gasteiger partial charge in [0, 0.05) is 0 Å². The van der Waals surface area contributed by atoms with E-state index in [1.165, 1.54) is 6.92 Å². The predicted molar refractivity (Wildman–Crippen MR) is 39.5 cm³/mol. The first-order valence-corrected chi connectivity index (χ1v) is 3.86. The number of alkyl halides is 6. The predicted octanol–water partition coefficient (Wildman–Crippen LogP) is 1.26. The number of rotatable bonds is 1. The molecule has 0 N–H and O–H groups in total. The van der Waals surface area contributed by atoms with Crippen LogP contribution in [0.4, 0.5) is 26.3 Å². The molecule has 16 heavy (non-hydrogen) atoms. The highest BCUT2D eigenvalue weighted by atomic mass is 19.3. The fourth-order valence-corrected chi connectivity index (χ4v) is 0.674. The fourth-order valence-electron chi connectivity index (χ4n) is 0.674. The van der Waals surface area contributed by atoms with Gasteiger partial charge in [-0.15, -0.1) is 0 Å². The van der Waals surface area contributed by atoms with Crippen molar-refractivity contribution in [3.63, 3.8) is 0 Å². The van der Waals surface area contributed by atoms with Gasteiger partial charge in [-0.05, 0) is 12.5 Å². The molecule has 0 aliphatic heterocycles. The summed E-state index contributed by atoms with van der Waals surface area (Å²) >= 11 is 0. The Balaban J connectivity index is 0.000000325. The Morgan fingerprint density at radius 3 is 1.38 bits per heavy atom. The number of halogens is 6. The lowest BCUT2D eigenvalue weighted by atomic mass is 9.85. The summed E-state index contributed by atoms with van der Waals surface area (Å²) in [6.07, 6.45) is -7.34. The molecule has 0 aromatic carbocycles. The van der Waals surface area contributed by atoms with Crippen LogP contribution in [0.15, 0.2) is 12.2 Å². The van der Waals surface area contributed by atoms with E-state index >= 15 is 0 Å². The second-order valence-corrected chi connectivity index (χ2v) is 3.14. The summed E-state index contributed by atoms with van der Waals surface area (Å²) in [5, 5.41) is 9.49. The highest BCUT2D eigenvalue weighted by Gasteiger charge is 2.79. The average Bonchev–Trinajstić information content (AvgIpc) is 2.16. The quantitative estimate of drug-likeness (QED) is 0.518. The van der Waals surface area contributed by atoms with Crippen LogP contribution in [0.1, 0.15) is 6.92 Å². The van der Waals surface area contributed by atoms with E-state index in [1.807, 2.05) is 0 Å². The topological polar surface area (TPSA) is 40.1 Å². The van der Waals surface area contributed by atoms with Gasteiger partial charge in [0.25, 0.3) is 0 Å². The molecule has 1 aliphatic carbocycles. The van der Waals surface area contributed by atoms with Gasteiger partial charge < -0.3 is 9.90 Å². The van der Waals surface area contributed by atoms with Crippen molar-refractivity contribution in [1.29, 1.82) is 0 Å². The van der Waals surface area contributed by atoms with Crippen molar-refractivity contribution in [2.24, 2.45) is 0 Å². The van der Waals surface area contributed by atoms with Crippen molar-refractivity contribution in [1.82, 2.24) is 0 Å². The maximum absolute atomic E-state index is 11.6. The highest BCUT2D eigenvalue weighted by Crippen LogP contribution is 2.53. The van der Waals surface area contributed by atoms with E-state index in [1.54, 1.807) is 0 Å². The normalized spacial score (nSPS) is 29.4. The van der Waals surface area contributed by atoms with Crippen LogP contribution in [0.3, 0.4) is 0 Å². The van der Waals surface area contributed by atoms with Gasteiger partial charge in [0.05, 0.1) is 5.97 Å². The van der Waals surface area contributed by atoms with Crippen LogP contribution >= 0.6 is 0 Å². The largest absolute Gasteiger partial charge is 0.545 e. The van der Waals surface area contributed by atoms with Crippen molar-refractivity contribution in [3.05, 3.63) is 12.2 Å². The Kier molecular flexibility index (Phi) is 4.01. The number of aliphatic carboxylic acids is 1. The number of hydrogen-bond acceptors (Lipinski definition) is 2. The number of carboxylic acid groups (broad SMARTS) is 1. The minimum Gasteiger partial charge on any atom is -0.545 e. The summed E-state index contributed by atoms with van der Waals surface area (Å²) in [6, 6.07) is 0. The molecule has 0 spiro atoms. The molecule has 1 saturated carbocycles. The van der Waals surface area contributed by atoms with Crippen molar-refractivity contribution in [3.8, 4) is 0 Å². The van der Waals surface area contributed by atoms with Crippen molar-refractivity contribution < 1.29 is 36.2 Å². The van der Waals surface area contributed by atoms with Gasteiger partial charge >= 0.3 is 11.8 Å². The molecule has 0 saturated heterocycles. The lowest BCUT2D eigenvalue weighted by Crippen LogP contribution is -2.69. The van der Waals surface area contributed by atoms with Crippen LogP contribution in [0.5, 0.6) is 0 Å². The van der Waals surface area contributed by atoms with Crippen molar-refractivity contribution >= 4 is 5.97 Å². The molecule has 0 aromatic heterocycles. The van der Waals surface area contributed by atoms with Crippen LogP contribution in [-0.4, -0.2) is 30.2 Å². The lowest BCUT2D eigenvalue weighted by molar-refractivity contribution is -0.335. The minimum atomic E-state index is -4.51. The van der Waals surface area contributed by atoms with Crippen molar-refractivity contribution in [2.75, 3.05) is 0 Å². The third-order valence-corrected chi connectivity index (χ3v) is 1.70. The molecule has 0 aromatic rings. The molecule has 0 bridgehead atoms. The van der Waals surface area contributed by atoms with Crippen LogP contribution in [0, 0.1) is 0 Å². The van der Waals surface area contributed by atoms with E-state index in [2.05, 4.69) is 6.58 Å². The van der Waals surface area contributed by atoms with Gasteiger partial charge in [-0.3, -0.25) is 0 Å². The molecule has 1 fully saturated rings. The average molecular weight is 249 g/mol. The Morgan fingerprint density at radius 2 is 1.31 bits per heavy atom. The Labute approximate surface area is 86.6 Å². The van der Waals surface area contributed by atoms with Crippen molar-refractivity contribution in [2.45, 2.75) is 31.1 Å². The van der Waals surface area contributed by atoms with Gasteiger partial charge in [-0.25, -0.2) is 8.78 Å². The summed E-state index contributed by atoms with van der Waals surface area (Å²) in [4.78, 5) is 9.49. The molecule has 8 heteroatoms. The number of carboxylic acids is 1. The molecule has 0 unspecified atom stereocenters. The van der Waals surface area contributed by atoms with Crippen LogP contribution < -0.4 is 5.11 Å². The zero-order chi connectivity index (χ0) is 13.3. The Bertz CT molecular complexity index is 259. The van der Waals surface area contributed by atoms with Gasteiger partial charge in [0.2, 0.25) is 12.3 Å². The summed E-state index contributed by atoms with van der Waals surface area (Å²) in [5.74, 6) is -10.2. The first-order chi connectivity index (χ1) is 6.95.